The number of esters is 1. The maximum absolute atomic E-state index is 13.1. The molecule has 0 N–H and O–H groups in total. The van der Waals surface area contributed by atoms with Crippen LogP contribution in [-0.2, 0) is 32.5 Å². The third kappa shape index (κ3) is 2.99. The number of hydrogen-bond donors (Lipinski definition) is 0. The van der Waals surface area contributed by atoms with Gasteiger partial charge in [0, 0.05) is 17.4 Å². The van der Waals surface area contributed by atoms with Gasteiger partial charge in [0.2, 0.25) is 10.0 Å². The van der Waals surface area contributed by atoms with Crippen molar-refractivity contribution in [2.24, 2.45) is 0 Å². The van der Waals surface area contributed by atoms with Crippen molar-refractivity contribution in [3.8, 4) is 0 Å². The predicted octanol–water partition coefficient (Wildman–Crippen LogP) is 2.74. The molecule has 2 aromatic rings. The lowest BCUT2D eigenvalue weighted by molar-refractivity contribution is -0.145. The smallest absolute Gasteiger partial charge is 0.324 e. The van der Waals surface area contributed by atoms with Crippen LogP contribution in [-0.4, -0.2) is 31.8 Å². The molecule has 1 atom stereocenters. The number of ether oxygens (including phenoxy) is 1. The molecule has 0 saturated carbocycles. The number of sulfonamides is 1. The number of carbonyl (C=O) groups is 1. The molecule has 0 aliphatic carbocycles. The quantitative estimate of drug-likeness (QED) is 0.731. The summed E-state index contributed by atoms with van der Waals surface area (Å²) in [5.74, 6) is -0.555. The second kappa shape index (κ2) is 6.66. The summed E-state index contributed by atoms with van der Waals surface area (Å²) in [6, 6.07) is 13.2. The van der Waals surface area contributed by atoms with Gasteiger partial charge in [-0.05, 0) is 39.2 Å². The van der Waals surface area contributed by atoms with E-state index in [1.165, 1.54) is 17.5 Å². The van der Waals surface area contributed by atoms with Crippen LogP contribution in [0.15, 0.2) is 57.9 Å². The van der Waals surface area contributed by atoms with Crippen LogP contribution in [0, 0.1) is 0 Å². The van der Waals surface area contributed by atoms with Crippen LogP contribution in [0.3, 0.4) is 0 Å². The van der Waals surface area contributed by atoms with E-state index in [9.17, 15) is 13.2 Å². The maximum atomic E-state index is 13.1. The first kappa shape index (κ1) is 17.1. The Hall–Kier alpha value is -1.70. The normalized spacial score (nSPS) is 18.0. The lowest BCUT2D eigenvalue weighted by Gasteiger charge is -2.34. The number of hydrogen-bond acceptors (Lipinski definition) is 4. The topological polar surface area (TPSA) is 63.7 Å². The lowest BCUT2D eigenvalue weighted by Crippen LogP contribution is -2.49. The summed E-state index contributed by atoms with van der Waals surface area (Å²) in [5, 5.41) is 0. The van der Waals surface area contributed by atoms with Crippen molar-refractivity contribution in [1.82, 2.24) is 4.31 Å². The highest BCUT2D eigenvalue weighted by atomic mass is 79.9. The van der Waals surface area contributed by atoms with Gasteiger partial charge in [-0.1, -0.05) is 36.4 Å². The molecule has 2 aromatic carbocycles. The molecule has 126 valence electrons. The highest BCUT2D eigenvalue weighted by Gasteiger charge is 2.40. The molecule has 1 heterocycles. The second-order valence-electron chi connectivity index (χ2n) is 5.49. The highest BCUT2D eigenvalue weighted by Crippen LogP contribution is 2.32. The summed E-state index contributed by atoms with van der Waals surface area (Å²) < 4.78 is 32.8. The van der Waals surface area contributed by atoms with Crippen LogP contribution in [0.1, 0.15) is 11.1 Å². The molecule has 1 aliphatic rings. The van der Waals surface area contributed by atoms with Crippen molar-refractivity contribution in [3.05, 3.63) is 64.1 Å². The Morgan fingerprint density at radius 3 is 2.42 bits per heavy atom. The zero-order valence-corrected chi connectivity index (χ0v) is 15.4. The fraction of sp³-hybridized carbons (Fsp3) is 0.235. The van der Waals surface area contributed by atoms with Crippen molar-refractivity contribution >= 4 is 31.9 Å². The Kier molecular flexibility index (Phi) is 4.76. The van der Waals surface area contributed by atoms with E-state index in [1.807, 2.05) is 24.3 Å². The van der Waals surface area contributed by atoms with E-state index >= 15 is 0 Å². The predicted molar refractivity (Wildman–Crippen MR) is 92.8 cm³/mol. The van der Waals surface area contributed by atoms with Crippen LogP contribution < -0.4 is 0 Å². The van der Waals surface area contributed by atoms with Crippen LogP contribution >= 0.6 is 15.9 Å². The van der Waals surface area contributed by atoms with Crippen molar-refractivity contribution in [1.29, 1.82) is 0 Å². The maximum Gasteiger partial charge on any atom is 0.324 e. The van der Waals surface area contributed by atoms with E-state index in [0.29, 0.717) is 10.9 Å². The van der Waals surface area contributed by atoms with Gasteiger partial charge in [-0.25, -0.2) is 8.42 Å². The monoisotopic (exact) mass is 409 g/mol. The summed E-state index contributed by atoms with van der Waals surface area (Å²) in [4.78, 5) is 12.3. The average molecular weight is 410 g/mol. The molecule has 0 bridgehead atoms. The van der Waals surface area contributed by atoms with E-state index in [2.05, 4.69) is 15.9 Å². The van der Waals surface area contributed by atoms with Crippen molar-refractivity contribution in [3.63, 3.8) is 0 Å². The molecule has 0 radical (unpaired) electrons. The first-order chi connectivity index (χ1) is 11.4. The summed E-state index contributed by atoms with van der Waals surface area (Å²) in [7, 11) is -2.58. The van der Waals surface area contributed by atoms with Crippen molar-refractivity contribution in [2.75, 3.05) is 7.11 Å². The number of methoxy groups -OCH3 is 1. The van der Waals surface area contributed by atoms with E-state index in [4.69, 9.17) is 4.74 Å². The second-order valence-corrected chi connectivity index (χ2v) is 8.21. The molecule has 0 spiro atoms. The van der Waals surface area contributed by atoms with E-state index in [-0.39, 0.29) is 11.4 Å². The van der Waals surface area contributed by atoms with Crippen molar-refractivity contribution < 1.29 is 17.9 Å². The van der Waals surface area contributed by atoms with Gasteiger partial charge in [0.15, 0.2) is 0 Å². The molecule has 24 heavy (non-hydrogen) atoms. The van der Waals surface area contributed by atoms with Gasteiger partial charge in [0.25, 0.3) is 0 Å². The van der Waals surface area contributed by atoms with E-state index in [0.717, 1.165) is 11.1 Å². The first-order valence-electron chi connectivity index (χ1n) is 7.36. The average Bonchev–Trinajstić information content (AvgIpc) is 2.60. The van der Waals surface area contributed by atoms with Crippen LogP contribution in [0.25, 0.3) is 0 Å². The molecule has 5 nitrogen and oxygen atoms in total. The zero-order chi connectivity index (χ0) is 17.3. The molecule has 0 saturated heterocycles. The molecule has 3 rings (SSSR count). The third-order valence-electron chi connectivity index (χ3n) is 4.10. The van der Waals surface area contributed by atoms with Gasteiger partial charge in [0.05, 0.1) is 12.0 Å². The number of nitrogens with zero attached hydrogens (tertiary/aromatic N) is 1. The van der Waals surface area contributed by atoms with Crippen LogP contribution in [0.4, 0.5) is 0 Å². The number of halogens is 1. The van der Waals surface area contributed by atoms with Gasteiger partial charge in [0.1, 0.15) is 6.04 Å². The van der Waals surface area contributed by atoms with Crippen LogP contribution in [0.2, 0.25) is 0 Å². The number of carbonyl (C=O) groups excluding carboxylic acids is 1. The lowest BCUT2D eigenvalue weighted by atomic mass is 9.96. The van der Waals surface area contributed by atoms with Crippen molar-refractivity contribution in [2.45, 2.75) is 23.9 Å². The molecule has 0 amide bonds. The number of rotatable bonds is 3. The van der Waals surface area contributed by atoms with Gasteiger partial charge >= 0.3 is 5.97 Å². The number of fused-ring (bicyclic) bond motifs is 1. The highest BCUT2D eigenvalue weighted by molar-refractivity contribution is 9.10. The number of benzene rings is 2. The molecule has 7 heteroatoms. The SMILES string of the molecule is COC(=O)[C@@H]1Cc2ccccc2CN1S(=O)(=O)c1ccccc1Br. The Morgan fingerprint density at radius 1 is 1.12 bits per heavy atom. The Bertz CT molecular complexity index is 882. The van der Waals surface area contributed by atoms with Gasteiger partial charge in [-0.15, -0.1) is 0 Å². The summed E-state index contributed by atoms with van der Waals surface area (Å²) in [5.41, 5.74) is 1.86. The molecule has 0 fully saturated rings. The molecule has 0 unspecified atom stereocenters. The molecular formula is C17H16BrNO4S. The Balaban J connectivity index is 2.10. The minimum atomic E-state index is -3.85. The summed E-state index contributed by atoms with van der Waals surface area (Å²) in [6.07, 6.45) is 0.298. The van der Waals surface area contributed by atoms with E-state index < -0.39 is 22.0 Å². The standard InChI is InChI=1S/C17H16BrNO4S/c1-23-17(20)15-10-12-6-2-3-7-13(12)11-19(15)24(21,22)16-9-5-4-8-14(16)18/h2-9,15H,10-11H2,1H3/t15-/m0/s1. The fourth-order valence-corrected chi connectivity index (χ4v) is 5.39. The van der Waals surface area contributed by atoms with Gasteiger partial charge in [-0.3, -0.25) is 4.79 Å². The Morgan fingerprint density at radius 2 is 1.75 bits per heavy atom. The van der Waals surface area contributed by atoms with Gasteiger partial charge < -0.3 is 4.74 Å². The van der Waals surface area contributed by atoms with Crippen LogP contribution in [0.5, 0.6) is 0 Å². The molecule has 0 aromatic heterocycles. The van der Waals surface area contributed by atoms with E-state index in [1.54, 1.807) is 18.2 Å². The first-order valence-corrected chi connectivity index (χ1v) is 9.59. The minimum Gasteiger partial charge on any atom is -0.468 e. The minimum absolute atomic E-state index is 0.137. The molecule has 1 aliphatic heterocycles. The summed E-state index contributed by atoms with van der Waals surface area (Å²) in [6.45, 7) is 0.138. The zero-order valence-electron chi connectivity index (χ0n) is 13.0. The molecular weight excluding hydrogens is 394 g/mol. The van der Waals surface area contributed by atoms with Gasteiger partial charge in [-0.2, -0.15) is 4.31 Å². The third-order valence-corrected chi connectivity index (χ3v) is 6.97. The fourth-order valence-electron chi connectivity index (χ4n) is 2.87. The largest absolute Gasteiger partial charge is 0.468 e. The Labute approximate surface area is 149 Å². The summed E-state index contributed by atoms with van der Waals surface area (Å²) >= 11 is 3.28.